The first-order chi connectivity index (χ1) is 15.4. The molecule has 1 saturated heterocycles. The molecule has 34 heavy (non-hydrogen) atoms. The highest BCUT2D eigenvalue weighted by atomic mass is 127. The molecule has 1 aliphatic rings. The van der Waals surface area contributed by atoms with Gasteiger partial charge in [-0.3, -0.25) is 9.32 Å². The van der Waals surface area contributed by atoms with E-state index in [4.69, 9.17) is 19.3 Å². The Hall–Kier alpha value is 1.29. The van der Waals surface area contributed by atoms with E-state index < -0.39 is 42.3 Å². The summed E-state index contributed by atoms with van der Waals surface area (Å²) in [5, 5.41) is 2.87. The third-order valence-corrected chi connectivity index (χ3v) is 11.1. The van der Waals surface area contributed by atoms with Gasteiger partial charge in [0, 0.05) is 28.1 Å². The molecule has 1 aliphatic heterocycles. The first kappa shape index (κ1) is 33.3. The Kier molecular flexibility index (Phi) is 14.2. The SMILES string of the molecule is B[C@H]1CC(OCSSC(C)(C)CNC(=O)CCI)[C@@H](COP(=O)(O)OP(=O)(O)OP(=O)(O)O)O1. The van der Waals surface area contributed by atoms with E-state index in [-0.39, 0.29) is 22.6 Å². The molecule has 0 spiro atoms. The van der Waals surface area contributed by atoms with E-state index in [1.807, 2.05) is 13.8 Å². The quantitative estimate of drug-likeness (QED) is 0.0294. The van der Waals surface area contributed by atoms with Gasteiger partial charge in [0.15, 0.2) is 0 Å². The van der Waals surface area contributed by atoms with Crippen LogP contribution < -0.4 is 5.32 Å². The number of nitrogens with one attached hydrogen (secondary N) is 1. The van der Waals surface area contributed by atoms with E-state index in [2.05, 4.69) is 41.1 Å². The van der Waals surface area contributed by atoms with Crippen molar-refractivity contribution in [1.82, 2.24) is 5.32 Å². The molecular weight excluding hydrogens is 673 g/mol. The van der Waals surface area contributed by atoms with Gasteiger partial charge in [0.1, 0.15) is 19.9 Å². The first-order valence-corrected chi connectivity index (χ1v) is 18.0. The van der Waals surface area contributed by atoms with Crippen LogP contribution in [0.25, 0.3) is 0 Å². The van der Waals surface area contributed by atoms with Gasteiger partial charge in [-0.25, -0.2) is 13.7 Å². The van der Waals surface area contributed by atoms with Gasteiger partial charge < -0.3 is 34.4 Å². The van der Waals surface area contributed by atoms with Crippen molar-refractivity contribution in [3.63, 3.8) is 0 Å². The highest BCUT2D eigenvalue weighted by molar-refractivity contribution is 14.1. The molecule has 1 heterocycles. The highest BCUT2D eigenvalue weighted by Gasteiger charge is 2.42. The van der Waals surface area contributed by atoms with Crippen LogP contribution in [0.15, 0.2) is 0 Å². The fraction of sp³-hybridized carbons (Fsp3) is 0.923. The molecule has 5 N–H and O–H groups in total. The fourth-order valence-corrected chi connectivity index (χ4v) is 8.22. The second-order valence-corrected chi connectivity index (χ2v) is 16.1. The van der Waals surface area contributed by atoms with Gasteiger partial charge in [-0.2, -0.15) is 8.62 Å². The lowest BCUT2D eigenvalue weighted by Crippen LogP contribution is -2.36. The number of halogens is 1. The summed E-state index contributed by atoms with van der Waals surface area (Å²) in [4.78, 5) is 47.5. The zero-order valence-corrected chi connectivity index (χ0v) is 24.9. The molecule has 21 heteroatoms. The molecule has 1 amide bonds. The number of hydrogen-bond acceptors (Lipinski definition) is 11. The van der Waals surface area contributed by atoms with Crippen molar-refractivity contribution in [2.45, 2.75) is 49.6 Å². The normalized spacial score (nSPS) is 25.0. The van der Waals surface area contributed by atoms with Crippen molar-refractivity contribution in [3.8, 4) is 0 Å². The predicted molar refractivity (Wildman–Crippen MR) is 137 cm³/mol. The number of carbonyl (C=O) groups is 1. The number of amides is 1. The molecule has 0 radical (unpaired) electrons. The van der Waals surface area contributed by atoms with Gasteiger partial charge in [-0.05, 0) is 20.3 Å². The smallest absolute Gasteiger partial charge is 0.379 e. The number of rotatable bonds is 16. The number of carbonyl (C=O) groups excluding carboxylic acids is 1. The molecule has 0 bridgehead atoms. The average molecular weight is 701 g/mol. The molecule has 0 saturated carbocycles. The zero-order valence-electron chi connectivity index (χ0n) is 18.5. The van der Waals surface area contributed by atoms with Crippen LogP contribution in [0.4, 0.5) is 0 Å². The first-order valence-electron chi connectivity index (χ1n) is 9.62. The second kappa shape index (κ2) is 14.4. The second-order valence-electron chi connectivity index (χ2n) is 7.61. The molecule has 0 aromatic rings. The lowest BCUT2D eigenvalue weighted by atomic mass is 9.96. The Balaban J connectivity index is 2.48. The summed E-state index contributed by atoms with van der Waals surface area (Å²) in [7, 11) is -11.6. The van der Waals surface area contributed by atoms with E-state index in [9.17, 15) is 28.3 Å². The Labute approximate surface area is 219 Å². The third-order valence-electron chi connectivity index (χ3n) is 3.85. The lowest BCUT2D eigenvalue weighted by Gasteiger charge is -2.24. The number of hydrogen-bond donors (Lipinski definition) is 5. The average Bonchev–Trinajstić information content (AvgIpc) is 2.99. The minimum absolute atomic E-state index is 0.0136. The van der Waals surface area contributed by atoms with Crippen molar-refractivity contribution in [3.05, 3.63) is 0 Å². The fourth-order valence-electron chi connectivity index (χ4n) is 2.53. The molecule has 1 rings (SSSR count). The Morgan fingerprint density at radius 2 is 1.85 bits per heavy atom. The van der Waals surface area contributed by atoms with Crippen LogP contribution >= 0.6 is 67.6 Å². The largest absolute Gasteiger partial charge is 0.490 e. The number of alkyl halides is 1. The summed E-state index contributed by atoms with van der Waals surface area (Å²) in [5.74, 6) is 0.225. The Bertz CT molecular complexity index is 821. The molecule has 0 aromatic heterocycles. The molecule has 14 nitrogen and oxygen atoms in total. The molecular formula is C13H28BINO13P3S2. The van der Waals surface area contributed by atoms with Crippen LogP contribution in [-0.2, 0) is 41.1 Å². The molecule has 0 aliphatic carbocycles. The summed E-state index contributed by atoms with van der Waals surface area (Å²) in [6.07, 6.45) is -0.433. The van der Waals surface area contributed by atoms with Gasteiger partial charge in [0.25, 0.3) is 0 Å². The van der Waals surface area contributed by atoms with Gasteiger partial charge in [0.05, 0.1) is 12.7 Å². The van der Waals surface area contributed by atoms with Crippen molar-refractivity contribution in [1.29, 1.82) is 0 Å². The molecule has 1 fully saturated rings. The van der Waals surface area contributed by atoms with E-state index in [1.54, 1.807) is 7.85 Å². The summed E-state index contributed by atoms with van der Waals surface area (Å²) in [6.45, 7) is 3.86. The van der Waals surface area contributed by atoms with Crippen LogP contribution in [0.2, 0.25) is 0 Å². The Morgan fingerprint density at radius 1 is 1.21 bits per heavy atom. The van der Waals surface area contributed by atoms with Crippen molar-refractivity contribution in [2.24, 2.45) is 0 Å². The van der Waals surface area contributed by atoms with Crippen LogP contribution in [0, 0.1) is 0 Å². The maximum atomic E-state index is 11.9. The van der Waals surface area contributed by atoms with Gasteiger partial charge in [-0.1, -0.05) is 44.2 Å². The van der Waals surface area contributed by atoms with Crippen LogP contribution in [0.5, 0.6) is 0 Å². The van der Waals surface area contributed by atoms with Crippen LogP contribution in [0.3, 0.4) is 0 Å². The van der Waals surface area contributed by atoms with E-state index in [0.717, 1.165) is 4.43 Å². The Morgan fingerprint density at radius 3 is 2.44 bits per heavy atom. The summed E-state index contributed by atoms with van der Waals surface area (Å²) >= 11 is 2.13. The maximum absolute atomic E-state index is 11.9. The van der Waals surface area contributed by atoms with Gasteiger partial charge >= 0.3 is 23.5 Å². The minimum Gasteiger partial charge on any atom is -0.379 e. The number of phosphoric acid groups is 3. The van der Waals surface area contributed by atoms with E-state index in [0.29, 0.717) is 19.4 Å². The zero-order chi connectivity index (χ0) is 26.2. The topological polar surface area (TPSA) is 207 Å². The van der Waals surface area contributed by atoms with Crippen molar-refractivity contribution in [2.75, 3.05) is 23.5 Å². The van der Waals surface area contributed by atoms with E-state index in [1.165, 1.54) is 21.6 Å². The number of ether oxygens (including phenoxy) is 2. The molecule has 5 atom stereocenters. The highest BCUT2D eigenvalue weighted by Crippen LogP contribution is 2.66. The van der Waals surface area contributed by atoms with Crippen LogP contribution in [-0.4, -0.2) is 79.8 Å². The number of phosphoric ester groups is 1. The summed E-state index contributed by atoms with van der Waals surface area (Å²) in [6, 6.07) is -0.262. The standard InChI is InChI=1S/C13H28BINO13P3S2/c1-13(2,7-16-12(17)3-4-15)34-33-8-25-9-5-11(14)27-10(9)6-26-31(21,22)29-32(23,24)28-30(18,19)20/h9-11H,3-8,14H2,1-2H3,(H,16,17)(H,21,22)(H,23,24)(H2,18,19,20)/t9?,10-,11-/m1/s1. The molecule has 200 valence electrons. The van der Waals surface area contributed by atoms with Crippen molar-refractivity contribution < 1.29 is 60.7 Å². The minimum atomic E-state index is -5.58. The summed E-state index contributed by atoms with van der Waals surface area (Å²) < 4.78 is 57.8. The molecule has 3 unspecified atom stereocenters. The van der Waals surface area contributed by atoms with Gasteiger partial charge in [-0.15, -0.1) is 0 Å². The van der Waals surface area contributed by atoms with Crippen LogP contribution in [0.1, 0.15) is 26.7 Å². The monoisotopic (exact) mass is 701 g/mol. The van der Waals surface area contributed by atoms with Crippen molar-refractivity contribution >= 4 is 81.4 Å². The molecule has 0 aromatic carbocycles. The predicted octanol–water partition coefficient (Wildman–Crippen LogP) is 1.52. The van der Waals surface area contributed by atoms with Gasteiger partial charge in [0.2, 0.25) is 5.91 Å². The third kappa shape index (κ3) is 14.9. The maximum Gasteiger partial charge on any atom is 0.490 e. The van der Waals surface area contributed by atoms with E-state index >= 15 is 0 Å². The lowest BCUT2D eigenvalue weighted by molar-refractivity contribution is -0.120. The summed E-state index contributed by atoms with van der Waals surface area (Å²) in [5.41, 5.74) is 0.